The summed E-state index contributed by atoms with van der Waals surface area (Å²) >= 11 is 0.909. The van der Waals surface area contributed by atoms with Gasteiger partial charge in [-0.1, -0.05) is 12.1 Å². The van der Waals surface area contributed by atoms with Crippen LogP contribution in [0.4, 0.5) is 19.6 Å². The van der Waals surface area contributed by atoms with E-state index < -0.39 is 30.2 Å². The Morgan fingerprint density at radius 3 is 2.72 bits per heavy atom. The van der Waals surface area contributed by atoms with E-state index in [1.807, 2.05) is 13.0 Å². The summed E-state index contributed by atoms with van der Waals surface area (Å²) in [5.74, 6) is -1.42. The molecule has 10 heteroatoms. The van der Waals surface area contributed by atoms with Gasteiger partial charge in [-0.2, -0.15) is 5.26 Å². The van der Waals surface area contributed by atoms with Gasteiger partial charge in [0.1, 0.15) is 28.5 Å². The number of fused-ring (bicyclic) bond motifs is 2. The highest BCUT2D eigenvalue weighted by Gasteiger charge is 2.33. The fourth-order valence-corrected chi connectivity index (χ4v) is 5.95. The largest absolute Gasteiger partial charge is 0.392 e. The van der Waals surface area contributed by atoms with Crippen LogP contribution in [-0.2, 0) is 13.0 Å². The Bertz CT molecular complexity index is 1590. The second kappa shape index (κ2) is 8.86. The van der Waals surface area contributed by atoms with Gasteiger partial charge in [-0.25, -0.2) is 13.8 Å². The van der Waals surface area contributed by atoms with Gasteiger partial charge in [-0.3, -0.25) is 4.79 Å². The van der Waals surface area contributed by atoms with Gasteiger partial charge >= 0.3 is 0 Å². The lowest BCUT2D eigenvalue weighted by molar-refractivity contribution is 0.0671. The van der Waals surface area contributed by atoms with Gasteiger partial charge in [0.15, 0.2) is 0 Å². The van der Waals surface area contributed by atoms with Crippen molar-refractivity contribution < 1.29 is 18.7 Å². The Hall–Kier alpha value is -4.07. The minimum Gasteiger partial charge on any atom is -0.392 e. The molecule has 182 valence electrons. The van der Waals surface area contributed by atoms with Crippen molar-refractivity contribution in [1.29, 1.82) is 5.26 Å². The minimum atomic E-state index is -0.761. The zero-order valence-electron chi connectivity index (χ0n) is 19.2. The maximum absolute atomic E-state index is 15.8. The van der Waals surface area contributed by atoms with Gasteiger partial charge in [0.25, 0.3) is 5.91 Å². The van der Waals surface area contributed by atoms with Crippen LogP contribution >= 0.6 is 11.3 Å². The number of pyridine rings is 1. The number of benzene rings is 2. The predicted molar refractivity (Wildman–Crippen MR) is 134 cm³/mol. The lowest BCUT2D eigenvalue weighted by atomic mass is 9.85. The molecule has 1 amide bonds. The normalized spacial score (nSPS) is 14.1. The lowest BCUT2D eigenvalue weighted by Gasteiger charge is -2.35. The molecular weight excluding hydrogens is 484 g/mol. The maximum Gasteiger partial charge on any atom is 0.254 e. The summed E-state index contributed by atoms with van der Waals surface area (Å²) in [5, 5.41) is 20.3. The van der Waals surface area contributed by atoms with Crippen LogP contribution in [0, 0.1) is 23.0 Å². The fraction of sp³-hybridized carbons (Fsp3) is 0.192. The van der Waals surface area contributed by atoms with Crippen molar-refractivity contribution >= 4 is 38.1 Å². The second-order valence-corrected chi connectivity index (χ2v) is 9.60. The molecular formula is C26H21F2N5O2S. The highest BCUT2D eigenvalue weighted by molar-refractivity contribution is 7.23. The van der Waals surface area contributed by atoms with Crippen molar-refractivity contribution in [2.45, 2.75) is 26.0 Å². The van der Waals surface area contributed by atoms with Crippen LogP contribution in [0.5, 0.6) is 0 Å². The molecule has 0 saturated carbocycles. The molecule has 2 aromatic carbocycles. The van der Waals surface area contributed by atoms with Crippen LogP contribution in [0.2, 0.25) is 0 Å². The zero-order chi connectivity index (χ0) is 25.7. The van der Waals surface area contributed by atoms with Crippen molar-refractivity contribution in [1.82, 2.24) is 9.88 Å². The molecule has 1 atom stereocenters. The SMILES string of the molecule is C[C@@H](c1cccnc1N)N1CCc2c(cc(F)c(-c3ccc(F)c4sc(N)c(C#N)c34)c2CO)C1=O. The highest BCUT2D eigenvalue weighted by atomic mass is 32.1. The monoisotopic (exact) mass is 505 g/mol. The molecule has 3 heterocycles. The first-order chi connectivity index (χ1) is 17.3. The molecule has 5 rings (SSSR count). The lowest BCUT2D eigenvalue weighted by Crippen LogP contribution is -2.40. The van der Waals surface area contributed by atoms with E-state index in [0.717, 1.165) is 17.4 Å². The van der Waals surface area contributed by atoms with Crippen LogP contribution in [0.25, 0.3) is 21.2 Å². The molecule has 0 bridgehead atoms. The number of thiophene rings is 1. The number of aliphatic hydroxyl groups excluding tert-OH is 1. The number of aliphatic hydroxyl groups is 1. The second-order valence-electron chi connectivity index (χ2n) is 8.55. The van der Waals surface area contributed by atoms with E-state index in [-0.39, 0.29) is 42.9 Å². The number of aromatic nitrogens is 1. The van der Waals surface area contributed by atoms with E-state index in [9.17, 15) is 19.6 Å². The molecule has 0 saturated heterocycles. The number of hydrogen-bond acceptors (Lipinski definition) is 7. The van der Waals surface area contributed by atoms with Gasteiger partial charge < -0.3 is 21.5 Å². The third-order valence-electron chi connectivity index (χ3n) is 6.74. The Morgan fingerprint density at radius 2 is 2.03 bits per heavy atom. The number of nitrogen functional groups attached to an aromatic ring is 2. The van der Waals surface area contributed by atoms with Crippen molar-refractivity contribution in [3.63, 3.8) is 0 Å². The molecule has 4 aromatic rings. The predicted octanol–water partition coefficient (Wildman–Crippen LogP) is 4.53. The number of anilines is 2. The van der Waals surface area contributed by atoms with E-state index in [1.165, 1.54) is 12.1 Å². The zero-order valence-corrected chi connectivity index (χ0v) is 20.0. The number of hydrogen-bond donors (Lipinski definition) is 3. The average Bonchev–Trinajstić information content (AvgIpc) is 3.21. The standard InChI is InChI=1S/C26H21F2N5O2S/c1-12(13-3-2-7-32-24(13)30)33-8-6-14-16(26(33)35)9-20(28)21(18(14)11-34)15-4-5-19(27)23-22(15)17(10-29)25(31)36-23/h2-5,7,9,12,34H,6,8,11,31H2,1H3,(H2,30,32)/t12-/m0/s1. The molecule has 1 aliphatic heterocycles. The van der Waals surface area contributed by atoms with Gasteiger partial charge in [0, 0.05) is 34.8 Å². The van der Waals surface area contributed by atoms with Crippen LogP contribution in [0.1, 0.15) is 45.6 Å². The number of nitrogens with two attached hydrogens (primary N) is 2. The number of carbonyl (C=O) groups excluding carboxylic acids is 1. The summed E-state index contributed by atoms with van der Waals surface area (Å²) < 4.78 is 30.4. The first kappa shape index (κ1) is 23.7. The summed E-state index contributed by atoms with van der Waals surface area (Å²) in [7, 11) is 0. The van der Waals surface area contributed by atoms with Crippen molar-refractivity contribution in [2.24, 2.45) is 0 Å². The molecule has 7 nitrogen and oxygen atoms in total. The Morgan fingerprint density at radius 1 is 1.25 bits per heavy atom. The van der Waals surface area contributed by atoms with E-state index in [0.29, 0.717) is 29.9 Å². The van der Waals surface area contributed by atoms with E-state index in [4.69, 9.17) is 11.5 Å². The molecule has 0 unspecified atom stereocenters. The first-order valence-corrected chi connectivity index (χ1v) is 12.0. The summed E-state index contributed by atoms with van der Waals surface area (Å²) in [5.41, 5.74) is 13.8. The molecule has 2 aromatic heterocycles. The topological polar surface area (TPSA) is 129 Å². The van der Waals surface area contributed by atoms with Crippen LogP contribution < -0.4 is 11.5 Å². The number of nitrogens with zero attached hydrogens (tertiary/aromatic N) is 3. The third-order valence-corrected chi connectivity index (χ3v) is 7.77. The molecule has 1 aliphatic rings. The van der Waals surface area contributed by atoms with Crippen molar-refractivity contribution in [3.05, 3.63) is 76.0 Å². The molecule has 0 spiro atoms. The molecule has 0 fully saturated rings. The van der Waals surface area contributed by atoms with Gasteiger partial charge in [-0.05, 0) is 48.2 Å². The summed E-state index contributed by atoms with van der Waals surface area (Å²) in [6.45, 7) is 1.59. The summed E-state index contributed by atoms with van der Waals surface area (Å²) in [6.07, 6.45) is 1.92. The quantitative estimate of drug-likeness (QED) is 0.374. The fourth-order valence-electron chi connectivity index (χ4n) is 5.00. The van der Waals surface area contributed by atoms with Crippen LogP contribution in [0.3, 0.4) is 0 Å². The number of halogens is 2. The molecule has 0 aliphatic carbocycles. The Kier molecular flexibility index (Phi) is 5.82. The number of rotatable bonds is 4. The average molecular weight is 506 g/mol. The molecule has 0 radical (unpaired) electrons. The number of carbonyl (C=O) groups is 1. The van der Waals surface area contributed by atoms with E-state index >= 15 is 4.39 Å². The van der Waals surface area contributed by atoms with E-state index in [2.05, 4.69) is 4.98 Å². The van der Waals surface area contributed by atoms with Crippen LogP contribution in [-0.4, -0.2) is 27.4 Å². The molecule has 36 heavy (non-hydrogen) atoms. The Labute approximate surface area is 209 Å². The smallest absolute Gasteiger partial charge is 0.254 e. The van der Waals surface area contributed by atoms with Gasteiger partial charge in [-0.15, -0.1) is 11.3 Å². The van der Waals surface area contributed by atoms with Crippen molar-refractivity contribution in [2.75, 3.05) is 18.0 Å². The van der Waals surface area contributed by atoms with E-state index in [1.54, 1.807) is 23.2 Å². The summed E-state index contributed by atoms with van der Waals surface area (Å²) in [6, 6.07) is 8.80. The summed E-state index contributed by atoms with van der Waals surface area (Å²) in [4.78, 5) is 19.2. The number of amides is 1. The highest BCUT2D eigenvalue weighted by Crippen LogP contribution is 2.44. The van der Waals surface area contributed by atoms with Crippen LogP contribution in [0.15, 0.2) is 36.5 Å². The first-order valence-electron chi connectivity index (χ1n) is 11.2. The van der Waals surface area contributed by atoms with Gasteiger partial charge in [0.2, 0.25) is 0 Å². The number of nitriles is 1. The Balaban J connectivity index is 1.67. The minimum absolute atomic E-state index is 0.0290. The van der Waals surface area contributed by atoms with Crippen molar-refractivity contribution in [3.8, 4) is 17.2 Å². The maximum atomic E-state index is 15.8. The molecule has 5 N–H and O–H groups in total. The van der Waals surface area contributed by atoms with Gasteiger partial charge in [0.05, 0.1) is 22.9 Å². The third kappa shape index (κ3) is 3.47.